The van der Waals surface area contributed by atoms with E-state index in [9.17, 15) is 8.42 Å². The zero-order chi connectivity index (χ0) is 20.3. The van der Waals surface area contributed by atoms with E-state index in [2.05, 4.69) is 14.7 Å². The molecule has 0 atom stereocenters. The first-order valence-corrected chi connectivity index (χ1v) is 11.0. The number of benzene rings is 2. The second-order valence-corrected chi connectivity index (χ2v) is 8.64. The maximum absolute atomic E-state index is 12.6. The predicted molar refractivity (Wildman–Crippen MR) is 110 cm³/mol. The molecule has 0 saturated heterocycles. The lowest BCUT2D eigenvalue weighted by molar-refractivity contribution is 0.171. The van der Waals surface area contributed by atoms with E-state index in [1.165, 1.54) is 0 Å². The minimum absolute atomic E-state index is 0.259. The molecule has 0 aliphatic carbocycles. The van der Waals surface area contributed by atoms with E-state index in [4.69, 9.17) is 9.47 Å². The second kappa shape index (κ2) is 8.26. The van der Waals surface area contributed by atoms with Crippen LogP contribution in [-0.2, 0) is 16.4 Å². The fourth-order valence-electron chi connectivity index (χ4n) is 3.32. The van der Waals surface area contributed by atoms with Crippen molar-refractivity contribution in [2.75, 3.05) is 19.8 Å². The van der Waals surface area contributed by atoms with Gasteiger partial charge in [0, 0.05) is 25.4 Å². The van der Waals surface area contributed by atoms with E-state index < -0.39 is 10.0 Å². The van der Waals surface area contributed by atoms with Gasteiger partial charge in [-0.15, -0.1) is 0 Å². The van der Waals surface area contributed by atoms with Crippen LogP contribution in [0.1, 0.15) is 17.8 Å². The third-order valence-electron chi connectivity index (χ3n) is 4.80. The number of fused-ring (bicyclic) bond motifs is 1. The molecule has 0 bridgehead atoms. The highest BCUT2D eigenvalue weighted by atomic mass is 32.2. The Morgan fingerprint density at radius 1 is 1.10 bits per heavy atom. The summed E-state index contributed by atoms with van der Waals surface area (Å²) in [6.07, 6.45) is 4.80. The van der Waals surface area contributed by atoms with Crippen molar-refractivity contribution >= 4 is 10.0 Å². The molecule has 0 radical (unpaired) electrons. The highest BCUT2D eigenvalue weighted by Gasteiger charge is 2.17. The second-order valence-electron chi connectivity index (χ2n) is 6.87. The molecular weight excluding hydrogens is 390 g/mol. The van der Waals surface area contributed by atoms with Crippen molar-refractivity contribution < 1.29 is 17.9 Å². The van der Waals surface area contributed by atoms with Crippen LogP contribution in [0.25, 0.3) is 11.1 Å². The van der Waals surface area contributed by atoms with Crippen molar-refractivity contribution in [3.63, 3.8) is 0 Å². The molecule has 2 heterocycles. The van der Waals surface area contributed by atoms with Crippen LogP contribution in [0.4, 0.5) is 0 Å². The standard InChI is InChI=1S/C21H23N3O4S/c1-15-13-17(29(25,26)24-8-2-3-21-22-9-10-23-21)5-6-18(15)16-4-7-19-20(14-16)28-12-11-27-19/h4-7,9-10,13-14,24H,2-3,8,11-12H2,1H3,(H,22,23). The average molecular weight is 413 g/mol. The molecule has 29 heavy (non-hydrogen) atoms. The third-order valence-corrected chi connectivity index (χ3v) is 6.26. The van der Waals surface area contributed by atoms with E-state index in [0.717, 1.165) is 28.3 Å². The number of rotatable bonds is 7. The number of aromatic amines is 1. The van der Waals surface area contributed by atoms with Gasteiger partial charge in [-0.2, -0.15) is 0 Å². The monoisotopic (exact) mass is 413 g/mol. The van der Waals surface area contributed by atoms with E-state index in [1.54, 1.807) is 24.5 Å². The molecule has 8 heteroatoms. The molecule has 152 valence electrons. The first-order chi connectivity index (χ1) is 14.0. The molecule has 2 aromatic carbocycles. The summed E-state index contributed by atoms with van der Waals surface area (Å²) in [4.78, 5) is 7.40. The van der Waals surface area contributed by atoms with Gasteiger partial charge in [0.15, 0.2) is 11.5 Å². The third kappa shape index (κ3) is 4.44. The fourth-order valence-corrected chi connectivity index (χ4v) is 4.48. The van der Waals surface area contributed by atoms with E-state index in [-0.39, 0.29) is 4.90 Å². The Bertz CT molecular complexity index is 1100. The van der Waals surface area contributed by atoms with Crippen LogP contribution in [-0.4, -0.2) is 38.1 Å². The quantitative estimate of drug-likeness (QED) is 0.581. The van der Waals surface area contributed by atoms with Gasteiger partial charge in [0.1, 0.15) is 19.0 Å². The molecule has 0 amide bonds. The van der Waals surface area contributed by atoms with E-state index in [1.807, 2.05) is 31.2 Å². The van der Waals surface area contributed by atoms with Gasteiger partial charge in [-0.05, 0) is 54.3 Å². The van der Waals surface area contributed by atoms with Crippen LogP contribution in [0.2, 0.25) is 0 Å². The Morgan fingerprint density at radius 2 is 1.93 bits per heavy atom. The number of ether oxygens (including phenoxy) is 2. The normalized spacial score (nSPS) is 13.4. The zero-order valence-corrected chi connectivity index (χ0v) is 17.0. The Morgan fingerprint density at radius 3 is 2.69 bits per heavy atom. The minimum atomic E-state index is -3.56. The Hall–Kier alpha value is -2.84. The first kappa shape index (κ1) is 19.5. The largest absolute Gasteiger partial charge is 0.486 e. The highest BCUT2D eigenvalue weighted by molar-refractivity contribution is 7.89. The van der Waals surface area contributed by atoms with Crippen LogP contribution in [0, 0.1) is 6.92 Å². The predicted octanol–water partition coefficient (Wildman–Crippen LogP) is 3.07. The smallest absolute Gasteiger partial charge is 0.240 e. The number of H-pyrrole nitrogens is 1. The van der Waals surface area contributed by atoms with Crippen LogP contribution in [0.3, 0.4) is 0 Å². The first-order valence-electron chi connectivity index (χ1n) is 9.51. The molecule has 0 saturated carbocycles. The molecule has 1 aromatic heterocycles. The van der Waals surface area contributed by atoms with Crippen LogP contribution >= 0.6 is 0 Å². The summed E-state index contributed by atoms with van der Waals surface area (Å²) in [5.74, 6) is 2.29. The molecule has 7 nitrogen and oxygen atoms in total. The van der Waals surface area contributed by atoms with E-state index >= 15 is 0 Å². The molecule has 1 aliphatic rings. The average Bonchev–Trinajstić information content (AvgIpc) is 3.24. The van der Waals surface area contributed by atoms with Crippen molar-refractivity contribution in [1.82, 2.24) is 14.7 Å². The van der Waals surface area contributed by atoms with Gasteiger partial charge in [0.25, 0.3) is 0 Å². The molecule has 0 spiro atoms. The Balaban J connectivity index is 1.46. The van der Waals surface area contributed by atoms with Crippen LogP contribution in [0.5, 0.6) is 11.5 Å². The lowest BCUT2D eigenvalue weighted by atomic mass is 10.0. The maximum atomic E-state index is 12.6. The molecule has 0 fully saturated rings. The molecule has 1 aliphatic heterocycles. The minimum Gasteiger partial charge on any atom is -0.486 e. The summed E-state index contributed by atoms with van der Waals surface area (Å²) >= 11 is 0. The number of nitrogens with zero attached hydrogens (tertiary/aromatic N) is 1. The van der Waals surface area contributed by atoms with Crippen molar-refractivity contribution in [3.8, 4) is 22.6 Å². The number of imidazole rings is 1. The van der Waals surface area contributed by atoms with E-state index in [0.29, 0.717) is 38.3 Å². The maximum Gasteiger partial charge on any atom is 0.240 e. The molecular formula is C21H23N3O4S. The van der Waals surface area contributed by atoms with Crippen LogP contribution < -0.4 is 14.2 Å². The highest BCUT2D eigenvalue weighted by Crippen LogP contribution is 2.35. The van der Waals surface area contributed by atoms with Gasteiger partial charge in [0.2, 0.25) is 10.0 Å². The summed E-state index contributed by atoms with van der Waals surface area (Å²) in [5, 5.41) is 0. The van der Waals surface area contributed by atoms with Gasteiger partial charge < -0.3 is 14.5 Å². The van der Waals surface area contributed by atoms with Crippen molar-refractivity contribution in [2.24, 2.45) is 0 Å². The number of nitrogens with one attached hydrogen (secondary N) is 2. The number of aryl methyl sites for hydroxylation is 2. The lowest BCUT2D eigenvalue weighted by Crippen LogP contribution is -2.25. The van der Waals surface area contributed by atoms with Gasteiger partial charge in [-0.25, -0.2) is 18.1 Å². The number of aromatic nitrogens is 2. The lowest BCUT2D eigenvalue weighted by Gasteiger charge is -2.19. The topological polar surface area (TPSA) is 93.3 Å². The Kier molecular flexibility index (Phi) is 5.55. The van der Waals surface area contributed by atoms with Crippen LogP contribution in [0.15, 0.2) is 53.7 Å². The fraction of sp³-hybridized carbons (Fsp3) is 0.286. The summed E-state index contributed by atoms with van der Waals surface area (Å²) in [7, 11) is -3.56. The summed E-state index contributed by atoms with van der Waals surface area (Å²) in [6, 6.07) is 10.9. The van der Waals surface area contributed by atoms with Gasteiger partial charge >= 0.3 is 0 Å². The SMILES string of the molecule is Cc1cc(S(=O)(=O)NCCCc2ncc[nH]2)ccc1-c1ccc2c(c1)OCCO2. The number of hydrogen-bond acceptors (Lipinski definition) is 5. The van der Waals surface area contributed by atoms with Gasteiger partial charge in [-0.1, -0.05) is 12.1 Å². The summed E-state index contributed by atoms with van der Waals surface area (Å²) in [6.45, 7) is 3.33. The molecule has 3 aromatic rings. The zero-order valence-electron chi connectivity index (χ0n) is 16.1. The number of sulfonamides is 1. The van der Waals surface area contributed by atoms with Gasteiger partial charge in [0.05, 0.1) is 4.90 Å². The number of hydrogen-bond donors (Lipinski definition) is 2. The van der Waals surface area contributed by atoms with Crippen molar-refractivity contribution in [3.05, 3.63) is 60.2 Å². The molecule has 2 N–H and O–H groups in total. The van der Waals surface area contributed by atoms with Gasteiger partial charge in [-0.3, -0.25) is 0 Å². The Labute approximate surface area is 170 Å². The molecule has 4 rings (SSSR count). The molecule has 0 unspecified atom stereocenters. The van der Waals surface area contributed by atoms with Crippen molar-refractivity contribution in [2.45, 2.75) is 24.7 Å². The summed E-state index contributed by atoms with van der Waals surface area (Å²) in [5.41, 5.74) is 2.79. The van der Waals surface area contributed by atoms with Crippen molar-refractivity contribution in [1.29, 1.82) is 0 Å². The summed E-state index contributed by atoms with van der Waals surface area (Å²) < 4.78 is 39.1.